The van der Waals surface area contributed by atoms with Crippen molar-refractivity contribution in [2.45, 2.75) is 29.3 Å². The van der Waals surface area contributed by atoms with Crippen LogP contribution in [0.4, 0.5) is 0 Å². The van der Waals surface area contributed by atoms with Crippen LogP contribution in [0.25, 0.3) is 22.3 Å². The Bertz CT molecular complexity index is 1320. The molecule has 0 aromatic heterocycles. The first kappa shape index (κ1) is 20.9. The second kappa shape index (κ2) is 8.60. The molecule has 0 radical (unpaired) electrons. The summed E-state index contributed by atoms with van der Waals surface area (Å²) in [5.41, 5.74) is 14.2. The molecule has 0 aliphatic heterocycles. The third kappa shape index (κ3) is 3.54. The van der Waals surface area contributed by atoms with Crippen molar-refractivity contribution in [2.75, 3.05) is 0 Å². The van der Waals surface area contributed by atoms with Gasteiger partial charge in [0.05, 0.1) is 0 Å². The van der Waals surface area contributed by atoms with Gasteiger partial charge in [-0.2, -0.15) is 0 Å². The first-order valence-corrected chi connectivity index (χ1v) is 19.0. The number of halogens is 2. The van der Waals surface area contributed by atoms with Crippen LogP contribution in [0.3, 0.4) is 0 Å². The molecule has 4 aromatic carbocycles. The first-order valence-electron chi connectivity index (χ1n) is 11.3. The van der Waals surface area contributed by atoms with Crippen LogP contribution in [0.1, 0.15) is 43.4 Å². The number of hydrogen-bond donors (Lipinski definition) is 0. The number of hydrogen-bond acceptors (Lipinski definition) is 0. The predicted molar refractivity (Wildman–Crippen MR) is 132 cm³/mol. The van der Waals surface area contributed by atoms with Gasteiger partial charge in [0.1, 0.15) is 0 Å². The number of fused-ring (bicyclic) bond motifs is 6. The zero-order chi connectivity index (χ0) is 21.7. The molecular formula is C29H23Cl2Zr. The molecule has 157 valence electrons. The molecular weight excluding hydrogens is 510 g/mol. The minimum absolute atomic E-state index is 0.310. The Labute approximate surface area is 205 Å². The Hall–Kier alpha value is -1.66. The van der Waals surface area contributed by atoms with E-state index in [2.05, 4.69) is 84.9 Å². The summed E-state index contributed by atoms with van der Waals surface area (Å²) in [7, 11) is 13.6. The van der Waals surface area contributed by atoms with Crippen LogP contribution in [0, 0.1) is 0 Å². The van der Waals surface area contributed by atoms with Crippen molar-refractivity contribution in [1.82, 2.24) is 0 Å². The van der Waals surface area contributed by atoms with Gasteiger partial charge in [-0.1, -0.05) is 0 Å². The van der Waals surface area contributed by atoms with Gasteiger partial charge in [-0.05, 0) is 0 Å². The van der Waals surface area contributed by atoms with Crippen molar-refractivity contribution in [3.63, 3.8) is 0 Å². The summed E-state index contributed by atoms with van der Waals surface area (Å²) in [5.74, 6) is 0. The van der Waals surface area contributed by atoms with Crippen LogP contribution in [0.15, 0.2) is 84.9 Å². The second-order valence-electron chi connectivity index (χ2n) is 8.87. The molecule has 0 heterocycles. The average molecular weight is 534 g/mol. The van der Waals surface area contributed by atoms with Crippen molar-refractivity contribution in [1.29, 1.82) is 0 Å². The molecule has 0 fully saturated rings. The minimum atomic E-state index is -2.54. The van der Waals surface area contributed by atoms with Gasteiger partial charge in [-0.3, -0.25) is 0 Å². The fourth-order valence-corrected chi connectivity index (χ4v) is 10.5. The third-order valence-electron chi connectivity index (χ3n) is 7.18. The van der Waals surface area contributed by atoms with Gasteiger partial charge in [0.25, 0.3) is 0 Å². The van der Waals surface area contributed by atoms with Crippen molar-refractivity contribution >= 4 is 17.0 Å². The van der Waals surface area contributed by atoms with Crippen LogP contribution in [-0.4, -0.2) is 0 Å². The SMILES string of the molecule is [Cl][Zr]([Cl])[CH](CCc1cccc2c1Cc1ccccc1-2)c1cccc2c1Cc1ccccc1-2. The van der Waals surface area contributed by atoms with E-state index in [1.54, 1.807) is 0 Å². The normalized spacial score (nSPS) is 13.8. The average Bonchev–Trinajstić information content (AvgIpc) is 3.38. The standard InChI is InChI=1S/C29H23.2ClH.Zr/c1-3-14-24-22(8-1)18-28-20(12-6-16-26(24)28)10-5-11-21-13-7-17-27-25-15-4-2-9-23(25)19-29(21)27;;;/h1-4,6-10,12-17H,5,11,18-19H2;2*1H;/q;;;+2/p-2. The summed E-state index contributed by atoms with van der Waals surface area (Å²) in [6.07, 6.45) is 4.09. The summed E-state index contributed by atoms with van der Waals surface area (Å²) in [4.78, 5) is 0. The Balaban J connectivity index is 1.31. The van der Waals surface area contributed by atoms with E-state index in [1.807, 2.05) is 0 Å². The molecule has 1 atom stereocenters. The molecule has 0 N–H and O–H groups in total. The van der Waals surface area contributed by atoms with Crippen molar-refractivity contribution < 1.29 is 19.4 Å². The summed E-state index contributed by atoms with van der Waals surface area (Å²) in [5, 5.41) is 0. The molecule has 4 aromatic rings. The van der Waals surface area contributed by atoms with Gasteiger partial charge in [-0.15, -0.1) is 0 Å². The van der Waals surface area contributed by atoms with Gasteiger partial charge in [0, 0.05) is 0 Å². The van der Waals surface area contributed by atoms with Gasteiger partial charge < -0.3 is 0 Å². The Morgan fingerprint density at radius 2 is 1.19 bits per heavy atom. The molecule has 2 aliphatic carbocycles. The van der Waals surface area contributed by atoms with E-state index in [0.29, 0.717) is 3.63 Å². The summed E-state index contributed by atoms with van der Waals surface area (Å²) in [6.45, 7) is 0. The van der Waals surface area contributed by atoms with E-state index in [4.69, 9.17) is 17.0 Å². The molecule has 6 rings (SSSR count). The second-order valence-corrected chi connectivity index (χ2v) is 18.0. The molecule has 2 aliphatic rings. The van der Waals surface area contributed by atoms with Crippen LogP contribution in [0.2, 0.25) is 0 Å². The van der Waals surface area contributed by atoms with E-state index in [0.717, 1.165) is 25.7 Å². The Morgan fingerprint density at radius 3 is 1.88 bits per heavy atom. The van der Waals surface area contributed by atoms with E-state index >= 15 is 0 Å². The molecule has 32 heavy (non-hydrogen) atoms. The van der Waals surface area contributed by atoms with Crippen molar-refractivity contribution in [3.8, 4) is 22.3 Å². The topological polar surface area (TPSA) is 0 Å². The monoisotopic (exact) mass is 531 g/mol. The fraction of sp³-hybridized carbons (Fsp3) is 0.172. The first-order chi connectivity index (χ1) is 15.7. The zero-order valence-corrected chi connectivity index (χ0v) is 21.7. The Morgan fingerprint density at radius 1 is 0.625 bits per heavy atom. The van der Waals surface area contributed by atoms with Crippen LogP contribution < -0.4 is 0 Å². The Kier molecular flexibility index (Phi) is 5.62. The third-order valence-corrected chi connectivity index (χ3v) is 13.1. The van der Waals surface area contributed by atoms with Crippen molar-refractivity contribution in [3.05, 3.63) is 118 Å². The molecule has 1 unspecified atom stereocenters. The number of aryl methyl sites for hydroxylation is 1. The number of benzene rings is 4. The van der Waals surface area contributed by atoms with E-state index in [1.165, 1.54) is 55.6 Å². The molecule has 0 bridgehead atoms. The summed E-state index contributed by atoms with van der Waals surface area (Å²) >= 11 is -2.54. The maximum atomic E-state index is 6.81. The van der Waals surface area contributed by atoms with Crippen LogP contribution in [-0.2, 0) is 38.6 Å². The molecule has 0 spiro atoms. The van der Waals surface area contributed by atoms with Crippen LogP contribution in [0.5, 0.6) is 0 Å². The molecule has 0 nitrogen and oxygen atoms in total. The van der Waals surface area contributed by atoms with E-state index in [9.17, 15) is 0 Å². The van der Waals surface area contributed by atoms with E-state index in [-0.39, 0.29) is 0 Å². The van der Waals surface area contributed by atoms with Crippen molar-refractivity contribution in [2.24, 2.45) is 0 Å². The van der Waals surface area contributed by atoms with Gasteiger partial charge in [0.15, 0.2) is 0 Å². The maximum absolute atomic E-state index is 6.81. The quantitative estimate of drug-likeness (QED) is 0.209. The number of rotatable bonds is 5. The molecule has 0 saturated carbocycles. The van der Waals surface area contributed by atoms with E-state index < -0.39 is 19.4 Å². The van der Waals surface area contributed by atoms with Crippen LogP contribution >= 0.6 is 17.0 Å². The molecule has 3 heteroatoms. The van der Waals surface area contributed by atoms with Gasteiger partial charge in [-0.25, -0.2) is 0 Å². The zero-order valence-electron chi connectivity index (χ0n) is 17.7. The molecule has 0 saturated heterocycles. The fourth-order valence-electron chi connectivity index (χ4n) is 5.65. The van der Waals surface area contributed by atoms with Gasteiger partial charge in [0.2, 0.25) is 0 Å². The summed E-state index contributed by atoms with van der Waals surface area (Å²) in [6, 6.07) is 31.1. The predicted octanol–water partition coefficient (Wildman–Crippen LogP) is 8.43. The van der Waals surface area contributed by atoms with Gasteiger partial charge >= 0.3 is 206 Å². The summed E-state index contributed by atoms with van der Waals surface area (Å²) < 4.78 is 0.310. The molecule has 0 amide bonds.